The first-order valence-corrected chi connectivity index (χ1v) is 10.6. The fourth-order valence-corrected chi connectivity index (χ4v) is 5.87. The number of phenols is 1. The van der Waals surface area contributed by atoms with Crippen molar-refractivity contribution in [2.45, 2.75) is 23.5 Å². The summed E-state index contributed by atoms with van der Waals surface area (Å²) in [5, 5.41) is 9.53. The third-order valence-corrected chi connectivity index (χ3v) is 7.70. The van der Waals surface area contributed by atoms with Gasteiger partial charge < -0.3 is 9.52 Å². The van der Waals surface area contributed by atoms with Crippen molar-refractivity contribution in [2.24, 2.45) is 5.92 Å². The van der Waals surface area contributed by atoms with Crippen molar-refractivity contribution in [2.75, 3.05) is 4.31 Å². The molecule has 0 aliphatic heterocycles. The van der Waals surface area contributed by atoms with Crippen LogP contribution in [0.2, 0.25) is 0 Å². The van der Waals surface area contributed by atoms with E-state index < -0.39 is 21.8 Å². The molecular weight excluding hydrogens is 386 g/mol. The predicted molar refractivity (Wildman–Crippen MR) is 101 cm³/mol. The van der Waals surface area contributed by atoms with Crippen LogP contribution in [-0.2, 0) is 14.8 Å². The van der Waals surface area contributed by atoms with Crippen LogP contribution in [0.3, 0.4) is 0 Å². The number of nitrogens with zero attached hydrogens (tertiary/aromatic N) is 1. The quantitative estimate of drug-likeness (QED) is 0.698. The van der Waals surface area contributed by atoms with E-state index in [2.05, 4.69) is 0 Å². The summed E-state index contributed by atoms with van der Waals surface area (Å²) in [7, 11) is -4.05. The number of thiophene rings is 1. The van der Waals surface area contributed by atoms with Crippen molar-refractivity contribution in [1.29, 1.82) is 0 Å². The highest BCUT2D eigenvalue weighted by molar-refractivity contribution is 7.95. The summed E-state index contributed by atoms with van der Waals surface area (Å²) in [6, 6.07) is 12.3. The number of furan rings is 1. The van der Waals surface area contributed by atoms with E-state index in [4.69, 9.17) is 4.42 Å². The molecule has 1 saturated carbocycles. The van der Waals surface area contributed by atoms with Gasteiger partial charge in [0, 0.05) is 10.8 Å². The minimum absolute atomic E-state index is 0.00426. The van der Waals surface area contributed by atoms with Gasteiger partial charge in [0.1, 0.15) is 15.7 Å². The molecule has 8 heteroatoms. The second-order valence-corrected chi connectivity index (χ2v) is 9.75. The maximum absolute atomic E-state index is 13.2. The molecule has 2 unspecified atom stereocenters. The van der Waals surface area contributed by atoms with Gasteiger partial charge in [0.15, 0.2) is 0 Å². The molecule has 1 amide bonds. The van der Waals surface area contributed by atoms with Crippen LogP contribution in [-0.4, -0.2) is 19.4 Å². The van der Waals surface area contributed by atoms with Gasteiger partial charge in [0.25, 0.3) is 10.0 Å². The monoisotopic (exact) mass is 403 g/mol. The molecule has 1 fully saturated rings. The van der Waals surface area contributed by atoms with E-state index in [1.807, 2.05) is 6.92 Å². The molecule has 0 bridgehead atoms. The molecule has 1 aromatic carbocycles. The first kappa shape index (κ1) is 17.8. The first-order chi connectivity index (χ1) is 12.9. The van der Waals surface area contributed by atoms with Crippen molar-refractivity contribution in [3.8, 4) is 5.75 Å². The largest absolute Gasteiger partial charge is 0.508 e. The van der Waals surface area contributed by atoms with Gasteiger partial charge in [0.2, 0.25) is 5.91 Å². The number of aryl methyl sites for hydroxylation is 1. The van der Waals surface area contributed by atoms with Crippen molar-refractivity contribution >= 4 is 33.0 Å². The number of aromatic hydroxyl groups is 1. The Hall–Kier alpha value is -2.58. The second-order valence-electron chi connectivity index (χ2n) is 6.45. The molecule has 6 nitrogen and oxygen atoms in total. The average Bonchev–Trinajstić information content (AvgIpc) is 3.03. The molecule has 2 heterocycles. The van der Waals surface area contributed by atoms with Gasteiger partial charge in [-0.3, -0.25) is 4.79 Å². The number of amides is 1. The van der Waals surface area contributed by atoms with E-state index in [-0.39, 0.29) is 21.6 Å². The van der Waals surface area contributed by atoms with Gasteiger partial charge in [-0.15, -0.1) is 11.3 Å². The summed E-state index contributed by atoms with van der Waals surface area (Å²) in [5.41, 5.74) is 0.203. The third kappa shape index (κ3) is 3.26. The zero-order chi connectivity index (χ0) is 19.2. The Morgan fingerprint density at radius 3 is 2.52 bits per heavy atom. The van der Waals surface area contributed by atoms with Crippen LogP contribution < -0.4 is 4.31 Å². The summed E-state index contributed by atoms with van der Waals surface area (Å²) in [4.78, 5) is 14.0. The highest BCUT2D eigenvalue weighted by atomic mass is 32.2. The molecule has 27 heavy (non-hydrogen) atoms. The number of sulfonamides is 1. The fraction of sp³-hybridized carbons (Fsp3) is 0.211. The topological polar surface area (TPSA) is 87.8 Å². The highest BCUT2D eigenvalue weighted by Crippen LogP contribution is 2.49. The molecule has 3 aromatic rings. The molecule has 0 spiro atoms. The lowest BCUT2D eigenvalue weighted by Crippen LogP contribution is -2.38. The Balaban J connectivity index is 1.73. The van der Waals surface area contributed by atoms with E-state index in [1.54, 1.807) is 18.2 Å². The van der Waals surface area contributed by atoms with Crippen LogP contribution in [0.5, 0.6) is 5.75 Å². The van der Waals surface area contributed by atoms with Gasteiger partial charge in [-0.25, -0.2) is 4.31 Å². The normalized spacial score (nSPS) is 19.0. The number of benzene rings is 1. The van der Waals surface area contributed by atoms with Crippen LogP contribution in [0.1, 0.15) is 23.0 Å². The van der Waals surface area contributed by atoms with Gasteiger partial charge in [-0.05, 0) is 61.9 Å². The summed E-state index contributed by atoms with van der Waals surface area (Å²) < 4.78 is 32.8. The second kappa shape index (κ2) is 6.54. The summed E-state index contributed by atoms with van der Waals surface area (Å²) in [6.07, 6.45) is 2.08. The number of rotatable bonds is 5. The van der Waals surface area contributed by atoms with E-state index in [0.29, 0.717) is 12.2 Å². The molecule has 1 aliphatic carbocycles. The Morgan fingerprint density at radius 1 is 1.19 bits per heavy atom. The number of hydrogen-bond donors (Lipinski definition) is 1. The zero-order valence-corrected chi connectivity index (χ0v) is 16.0. The predicted octanol–water partition coefficient (Wildman–Crippen LogP) is 3.88. The van der Waals surface area contributed by atoms with Crippen molar-refractivity contribution in [3.63, 3.8) is 0 Å². The molecule has 140 valence electrons. The Kier molecular flexibility index (Phi) is 4.32. The molecule has 0 radical (unpaired) electrons. The Labute approximate surface area is 160 Å². The SMILES string of the molecule is Cc1ccc(S(=O)(=O)N(C(=O)C2CC2c2ccco2)c2ccc(O)cc2)s1. The van der Waals surface area contributed by atoms with Crippen molar-refractivity contribution in [3.05, 3.63) is 65.4 Å². The van der Waals surface area contributed by atoms with Crippen LogP contribution in [0, 0.1) is 12.8 Å². The van der Waals surface area contributed by atoms with Crippen molar-refractivity contribution in [1.82, 2.24) is 0 Å². The lowest BCUT2D eigenvalue weighted by Gasteiger charge is -2.22. The minimum atomic E-state index is -4.05. The van der Waals surface area contributed by atoms with Crippen LogP contribution in [0.4, 0.5) is 5.69 Å². The molecule has 1 aliphatic rings. The molecule has 2 aromatic heterocycles. The minimum Gasteiger partial charge on any atom is -0.508 e. The van der Waals surface area contributed by atoms with E-state index in [0.717, 1.165) is 20.5 Å². The third-order valence-electron chi connectivity index (χ3n) is 4.51. The maximum atomic E-state index is 13.2. The zero-order valence-electron chi connectivity index (χ0n) is 14.4. The average molecular weight is 403 g/mol. The van der Waals surface area contributed by atoms with Gasteiger partial charge in [0.05, 0.1) is 17.9 Å². The molecule has 1 N–H and O–H groups in total. The number of carbonyl (C=O) groups excluding carboxylic acids is 1. The summed E-state index contributed by atoms with van der Waals surface area (Å²) >= 11 is 1.12. The van der Waals surface area contributed by atoms with E-state index in [1.165, 1.54) is 36.6 Å². The fourth-order valence-electron chi connectivity index (χ4n) is 3.05. The lowest BCUT2D eigenvalue weighted by molar-refractivity contribution is -0.118. The van der Waals surface area contributed by atoms with E-state index >= 15 is 0 Å². The van der Waals surface area contributed by atoms with Crippen LogP contribution in [0.25, 0.3) is 0 Å². The molecule has 2 atom stereocenters. The molecule has 0 saturated heterocycles. The smallest absolute Gasteiger partial charge is 0.280 e. The Morgan fingerprint density at radius 2 is 1.93 bits per heavy atom. The van der Waals surface area contributed by atoms with Crippen molar-refractivity contribution < 1.29 is 22.7 Å². The first-order valence-electron chi connectivity index (χ1n) is 8.36. The highest BCUT2D eigenvalue weighted by Gasteiger charge is 2.50. The van der Waals surface area contributed by atoms with Gasteiger partial charge >= 0.3 is 0 Å². The molecule has 4 rings (SSSR count). The number of phenolic OH excluding ortho intramolecular Hbond substituents is 1. The standard InChI is InChI=1S/C19H17NO5S2/c1-12-4-9-18(26-12)27(23,24)20(13-5-7-14(21)8-6-13)19(22)16-11-15(16)17-3-2-10-25-17/h2-10,15-16,21H,11H2,1H3. The van der Waals surface area contributed by atoms with E-state index in [9.17, 15) is 18.3 Å². The van der Waals surface area contributed by atoms with Gasteiger partial charge in [-0.1, -0.05) is 0 Å². The number of hydrogen-bond acceptors (Lipinski definition) is 6. The number of anilines is 1. The summed E-state index contributed by atoms with van der Waals surface area (Å²) in [5.74, 6) is -0.389. The molecular formula is C19H17NO5S2. The number of carbonyl (C=O) groups is 1. The van der Waals surface area contributed by atoms with Crippen LogP contribution >= 0.6 is 11.3 Å². The maximum Gasteiger partial charge on any atom is 0.280 e. The summed E-state index contributed by atoms with van der Waals surface area (Å²) in [6.45, 7) is 1.81. The van der Waals surface area contributed by atoms with Gasteiger partial charge in [-0.2, -0.15) is 8.42 Å². The van der Waals surface area contributed by atoms with Crippen LogP contribution in [0.15, 0.2) is 63.4 Å². The lowest BCUT2D eigenvalue weighted by atomic mass is 10.2. The Bertz CT molecular complexity index is 1070.